The number of benzene rings is 1. The van der Waals surface area contributed by atoms with Crippen molar-refractivity contribution in [3.63, 3.8) is 0 Å². The van der Waals surface area contributed by atoms with E-state index in [0.29, 0.717) is 5.92 Å². The lowest BCUT2D eigenvalue weighted by molar-refractivity contribution is 0.552. The molecule has 16 heavy (non-hydrogen) atoms. The molecular weight excluding hydrogens is 240 g/mol. The first-order valence-electron chi connectivity index (χ1n) is 5.41. The van der Waals surface area contributed by atoms with Crippen molar-refractivity contribution in [3.8, 4) is 0 Å². The third kappa shape index (κ3) is 2.94. The van der Waals surface area contributed by atoms with Gasteiger partial charge in [0.15, 0.2) is 0 Å². The molecule has 1 aromatic carbocycles. The van der Waals surface area contributed by atoms with E-state index in [1.165, 1.54) is 0 Å². The Hall–Kier alpha value is -0.640. The van der Waals surface area contributed by atoms with Gasteiger partial charge in [-0.1, -0.05) is 25.4 Å². The normalized spacial score (nSPS) is 11.5. The fraction of sp³-hybridized carbons (Fsp3) is 0.417. The predicted octanol–water partition coefficient (Wildman–Crippen LogP) is 3.70. The number of aromatic nitrogens is 1. The summed E-state index contributed by atoms with van der Waals surface area (Å²) in [5.74, 6) is 0.670. The minimum absolute atomic E-state index is 0.670. The molecule has 0 fully saturated rings. The van der Waals surface area contributed by atoms with Crippen molar-refractivity contribution in [3.05, 3.63) is 28.2 Å². The maximum atomic E-state index is 5.94. The van der Waals surface area contributed by atoms with Crippen LogP contribution in [0.15, 0.2) is 18.2 Å². The van der Waals surface area contributed by atoms with E-state index in [1.807, 2.05) is 18.2 Å². The Kier molecular flexibility index (Phi) is 3.79. The summed E-state index contributed by atoms with van der Waals surface area (Å²) in [7, 11) is 0. The lowest BCUT2D eigenvalue weighted by Gasteiger charge is -2.04. The van der Waals surface area contributed by atoms with Crippen molar-refractivity contribution in [2.24, 2.45) is 5.92 Å². The largest absolute Gasteiger partial charge is 0.310 e. The van der Waals surface area contributed by atoms with Gasteiger partial charge in [-0.25, -0.2) is 4.98 Å². The summed E-state index contributed by atoms with van der Waals surface area (Å²) in [4.78, 5) is 4.55. The van der Waals surface area contributed by atoms with Gasteiger partial charge in [-0.3, -0.25) is 0 Å². The number of nitrogens with one attached hydrogen (secondary N) is 1. The van der Waals surface area contributed by atoms with Crippen LogP contribution in [0.2, 0.25) is 5.02 Å². The molecule has 2 aromatic rings. The topological polar surface area (TPSA) is 24.9 Å². The molecule has 86 valence electrons. The second-order valence-electron chi connectivity index (χ2n) is 4.24. The van der Waals surface area contributed by atoms with E-state index in [2.05, 4.69) is 24.1 Å². The number of hydrogen-bond donors (Lipinski definition) is 1. The Labute approximate surface area is 105 Å². The molecule has 0 aliphatic heterocycles. The van der Waals surface area contributed by atoms with Gasteiger partial charge in [0.05, 0.1) is 10.2 Å². The van der Waals surface area contributed by atoms with E-state index in [0.717, 1.165) is 33.3 Å². The number of halogens is 1. The van der Waals surface area contributed by atoms with Gasteiger partial charge in [0.2, 0.25) is 0 Å². The fourth-order valence-corrected chi connectivity index (χ4v) is 2.70. The fourth-order valence-electron chi connectivity index (χ4n) is 1.49. The Balaban J connectivity index is 2.08. The van der Waals surface area contributed by atoms with Crippen molar-refractivity contribution < 1.29 is 0 Å². The van der Waals surface area contributed by atoms with Crippen LogP contribution in [0.1, 0.15) is 18.9 Å². The SMILES string of the molecule is CC(C)CNCc1nc2ccc(Cl)cc2s1. The minimum atomic E-state index is 0.670. The summed E-state index contributed by atoms with van der Waals surface area (Å²) in [5.41, 5.74) is 1.04. The zero-order valence-corrected chi connectivity index (χ0v) is 11.0. The van der Waals surface area contributed by atoms with E-state index in [9.17, 15) is 0 Å². The van der Waals surface area contributed by atoms with Crippen molar-refractivity contribution in [2.45, 2.75) is 20.4 Å². The molecule has 0 bridgehead atoms. The van der Waals surface area contributed by atoms with Crippen LogP contribution in [0.25, 0.3) is 10.2 Å². The Morgan fingerprint density at radius 1 is 1.44 bits per heavy atom. The second kappa shape index (κ2) is 5.13. The first-order valence-corrected chi connectivity index (χ1v) is 6.60. The van der Waals surface area contributed by atoms with Gasteiger partial charge in [0.25, 0.3) is 0 Å². The van der Waals surface area contributed by atoms with Crippen molar-refractivity contribution >= 4 is 33.2 Å². The zero-order chi connectivity index (χ0) is 11.5. The van der Waals surface area contributed by atoms with Crippen LogP contribution in [0.3, 0.4) is 0 Å². The summed E-state index contributed by atoms with van der Waals surface area (Å²) in [6, 6.07) is 5.83. The van der Waals surface area contributed by atoms with E-state index in [4.69, 9.17) is 11.6 Å². The van der Waals surface area contributed by atoms with Crippen molar-refractivity contribution in [1.29, 1.82) is 0 Å². The second-order valence-corrected chi connectivity index (χ2v) is 5.80. The van der Waals surface area contributed by atoms with Gasteiger partial charge in [-0.2, -0.15) is 0 Å². The van der Waals surface area contributed by atoms with Gasteiger partial charge >= 0.3 is 0 Å². The highest BCUT2D eigenvalue weighted by Crippen LogP contribution is 2.25. The van der Waals surface area contributed by atoms with Crippen LogP contribution in [-0.4, -0.2) is 11.5 Å². The highest BCUT2D eigenvalue weighted by atomic mass is 35.5. The number of rotatable bonds is 4. The molecule has 0 unspecified atom stereocenters. The zero-order valence-electron chi connectivity index (χ0n) is 9.46. The summed E-state index contributed by atoms with van der Waals surface area (Å²) >= 11 is 7.64. The van der Waals surface area contributed by atoms with E-state index in [1.54, 1.807) is 11.3 Å². The predicted molar refractivity (Wildman–Crippen MR) is 71.2 cm³/mol. The standard InChI is InChI=1S/C12H15ClN2S/c1-8(2)6-14-7-12-15-10-4-3-9(13)5-11(10)16-12/h3-5,8,14H,6-7H2,1-2H3. The van der Waals surface area contributed by atoms with Crippen LogP contribution in [-0.2, 0) is 6.54 Å². The molecular formula is C12H15ClN2S. The molecule has 0 aliphatic carbocycles. The van der Waals surface area contributed by atoms with Crippen molar-refractivity contribution in [2.75, 3.05) is 6.54 Å². The highest BCUT2D eigenvalue weighted by Gasteiger charge is 2.04. The molecule has 1 heterocycles. The van der Waals surface area contributed by atoms with Gasteiger partial charge in [0, 0.05) is 11.6 Å². The monoisotopic (exact) mass is 254 g/mol. The van der Waals surface area contributed by atoms with Crippen LogP contribution in [0.4, 0.5) is 0 Å². The third-order valence-corrected chi connectivity index (χ3v) is 3.48. The molecule has 0 aliphatic rings. The van der Waals surface area contributed by atoms with Crippen LogP contribution in [0, 0.1) is 5.92 Å². The molecule has 0 saturated heterocycles. The molecule has 4 heteroatoms. The lowest BCUT2D eigenvalue weighted by atomic mass is 10.2. The molecule has 0 atom stereocenters. The third-order valence-electron chi connectivity index (χ3n) is 2.22. The van der Waals surface area contributed by atoms with Crippen LogP contribution in [0.5, 0.6) is 0 Å². The summed E-state index contributed by atoms with van der Waals surface area (Å²) < 4.78 is 1.16. The minimum Gasteiger partial charge on any atom is -0.310 e. The summed E-state index contributed by atoms with van der Waals surface area (Å²) in [6.07, 6.45) is 0. The number of fused-ring (bicyclic) bond motifs is 1. The number of hydrogen-bond acceptors (Lipinski definition) is 3. The number of thiazole rings is 1. The van der Waals surface area contributed by atoms with Gasteiger partial charge in [0.1, 0.15) is 5.01 Å². The molecule has 1 aromatic heterocycles. The van der Waals surface area contributed by atoms with Gasteiger partial charge in [-0.15, -0.1) is 11.3 Å². The van der Waals surface area contributed by atoms with E-state index in [-0.39, 0.29) is 0 Å². The van der Waals surface area contributed by atoms with Crippen molar-refractivity contribution in [1.82, 2.24) is 10.3 Å². The van der Waals surface area contributed by atoms with Gasteiger partial charge in [-0.05, 0) is 30.7 Å². The average Bonchev–Trinajstić information content (AvgIpc) is 2.58. The number of nitrogens with zero attached hydrogens (tertiary/aromatic N) is 1. The molecule has 0 saturated carbocycles. The average molecular weight is 255 g/mol. The molecule has 0 amide bonds. The van der Waals surface area contributed by atoms with Gasteiger partial charge < -0.3 is 5.32 Å². The lowest BCUT2D eigenvalue weighted by Crippen LogP contribution is -2.18. The Morgan fingerprint density at radius 3 is 3.00 bits per heavy atom. The quantitative estimate of drug-likeness (QED) is 0.900. The first kappa shape index (κ1) is 11.8. The highest BCUT2D eigenvalue weighted by molar-refractivity contribution is 7.18. The molecule has 2 rings (SSSR count). The Bertz CT molecular complexity index is 479. The first-order chi connectivity index (χ1) is 7.65. The molecule has 2 nitrogen and oxygen atoms in total. The van der Waals surface area contributed by atoms with Crippen LogP contribution >= 0.6 is 22.9 Å². The maximum Gasteiger partial charge on any atom is 0.108 e. The Morgan fingerprint density at radius 2 is 2.25 bits per heavy atom. The molecule has 1 N–H and O–H groups in total. The molecule has 0 radical (unpaired) electrons. The smallest absolute Gasteiger partial charge is 0.108 e. The molecule has 0 spiro atoms. The van der Waals surface area contributed by atoms with E-state index < -0.39 is 0 Å². The summed E-state index contributed by atoms with van der Waals surface area (Å²) in [5, 5.41) is 5.29. The maximum absolute atomic E-state index is 5.94. The van der Waals surface area contributed by atoms with Crippen LogP contribution < -0.4 is 5.32 Å². The summed E-state index contributed by atoms with van der Waals surface area (Å²) in [6.45, 7) is 6.27. The van der Waals surface area contributed by atoms with E-state index >= 15 is 0 Å².